The summed E-state index contributed by atoms with van der Waals surface area (Å²) >= 11 is 5.65. The minimum Gasteiger partial charge on any atom is -0.339 e. The predicted molar refractivity (Wildman–Crippen MR) is 76.3 cm³/mol. The van der Waals surface area contributed by atoms with Crippen molar-refractivity contribution in [3.8, 4) is 11.4 Å². The molecule has 2 aromatic carbocycles. The summed E-state index contributed by atoms with van der Waals surface area (Å²) in [4.78, 5) is 4.39. The van der Waals surface area contributed by atoms with Gasteiger partial charge in [0, 0.05) is 17.9 Å². The fourth-order valence-electron chi connectivity index (χ4n) is 2.02. The first-order valence-corrected chi connectivity index (χ1v) is 6.78. The first kappa shape index (κ1) is 12.2. The van der Waals surface area contributed by atoms with Crippen molar-refractivity contribution in [1.82, 2.24) is 10.1 Å². The molecule has 0 saturated carbocycles. The molecule has 0 radical (unpaired) electrons. The number of alkyl halides is 1. The Morgan fingerprint density at radius 3 is 2.74 bits per heavy atom. The molecule has 0 aliphatic carbocycles. The number of aryl methyl sites for hydroxylation is 1. The Morgan fingerprint density at radius 1 is 1.05 bits per heavy atom. The van der Waals surface area contributed by atoms with Crippen molar-refractivity contribution >= 4 is 22.4 Å². The molecule has 19 heavy (non-hydrogen) atoms. The molecule has 0 bridgehead atoms. The Morgan fingerprint density at radius 2 is 1.89 bits per heavy atom. The van der Waals surface area contributed by atoms with E-state index in [0.29, 0.717) is 17.6 Å². The van der Waals surface area contributed by atoms with Gasteiger partial charge in [-0.25, -0.2) is 0 Å². The molecule has 3 rings (SSSR count). The van der Waals surface area contributed by atoms with Gasteiger partial charge in [-0.2, -0.15) is 4.98 Å². The van der Waals surface area contributed by atoms with Gasteiger partial charge < -0.3 is 4.52 Å². The highest BCUT2D eigenvalue weighted by Crippen LogP contribution is 2.22. The minimum atomic E-state index is 0.605. The molecule has 1 aromatic heterocycles. The lowest BCUT2D eigenvalue weighted by Gasteiger charge is -1.99. The molecule has 96 valence electrons. The highest BCUT2D eigenvalue weighted by atomic mass is 35.5. The average Bonchev–Trinajstić information content (AvgIpc) is 2.93. The van der Waals surface area contributed by atoms with Crippen molar-refractivity contribution in [2.24, 2.45) is 0 Å². The molecule has 0 amide bonds. The van der Waals surface area contributed by atoms with E-state index >= 15 is 0 Å². The first-order chi connectivity index (χ1) is 9.36. The molecule has 0 N–H and O–H groups in total. The number of halogens is 1. The third kappa shape index (κ3) is 2.61. The van der Waals surface area contributed by atoms with Gasteiger partial charge in [0.2, 0.25) is 11.7 Å². The van der Waals surface area contributed by atoms with Crippen LogP contribution in [0.1, 0.15) is 12.3 Å². The lowest BCUT2D eigenvalue weighted by atomic mass is 10.1. The summed E-state index contributed by atoms with van der Waals surface area (Å²) in [5.74, 6) is 1.88. The lowest BCUT2D eigenvalue weighted by molar-refractivity contribution is 0.378. The molecule has 4 heteroatoms. The zero-order valence-electron chi connectivity index (χ0n) is 10.3. The molecule has 0 atom stereocenters. The van der Waals surface area contributed by atoms with Crippen LogP contribution in [0.3, 0.4) is 0 Å². The Hall–Kier alpha value is -1.87. The SMILES string of the molecule is ClCCCc1nc(-c2ccc3ccccc3c2)no1. The number of benzene rings is 2. The zero-order chi connectivity index (χ0) is 13.1. The van der Waals surface area contributed by atoms with Crippen molar-refractivity contribution in [3.63, 3.8) is 0 Å². The van der Waals surface area contributed by atoms with Crippen LogP contribution in [0.5, 0.6) is 0 Å². The predicted octanol–water partition coefficient (Wildman–Crippen LogP) is 4.06. The fourth-order valence-corrected chi connectivity index (χ4v) is 2.15. The first-order valence-electron chi connectivity index (χ1n) is 6.24. The zero-order valence-corrected chi connectivity index (χ0v) is 11.1. The van der Waals surface area contributed by atoms with Crippen LogP contribution in [0.2, 0.25) is 0 Å². The standard InChI is InChI=1S/C15H13ClN2O/c16-9-3-6-14-17-15(18-19-14)13-8-7-11-4-1-2-5-12(11)10-13/h1-2,4-5,7-8,10H,3,6,9H2. The van der Waals surface area contributed by atoms with Gasteiger partial charge >= 0.3 is 0 Å². The number of nitrogens with zero attached hydrogens (tertiary/aromatic N) is 2. The highest BCUT2D eigenvalue weighted by Gasteiger charge is 2.08. The van der Waals surface area contributed by atoms with Crippen molar-refractivity contribution in [3.05, 3.63) is 48.4 Å². The molecule has 0 unspecified atom stereocenters. The normalized spacial score (nSPS) is 11.0. The molecule has 3 aromatic rings. The van der Waals surface area contributed by atoms with Crippen LogP contribution in [-0.2, 0) is 6.42 Å². The van der Waals surface area contributed by atoms with E-state index in [-0.39, 0.29) is 0 Å². The highest BCUT2D eigenvalue weighted by molar-refractivity contribution is 6.17. The number of hydrogen-bond donors (Lipinski definition) is 0. The quantitative estimate of drug-likeness (QED) is 0.672. The van der Waals surface area contributed by atoms with Gasteiger partial charge in [0.25, 0.3) is 0 Å². The maximum Gasteiger partial charge on any atom is 0.227 e. The number of hydrogen-bond acceptors (Lipinski definition) is 3. The van der Waals surface area contributed by atoms with Crippen LogP contribution in [0.25, 0.3) is 22.2 Å². The van der Waals surface area contributed by atoms with E-state index in [4.69, 9.17) is 16.1 Å². The van der Waals surface area contributed by atoms with Crippen molar-refractivity contribution in [2.45, 2.75) is 12.8 Å². The molecular formula is C15H13ClN2O. The van der Waals surface area contributed by atoms with Crippen LogP contribution in [0.4, 0.5) is 0 Å². The molecule has 0 fully saturated rings. The number of rotatable bonds is 4. The van der Waals surface area contributed by atoms with Gasteiger partial charge in [-0.15, -0.1) is 11.6 Å². The van der Waals surface area contributed by atoms with Crippen LogP contribution in [0, 0.1) is 0 Å². The van der Waals surface area contributed by atoms with Crippen molar-refractivity contribution in [1.29, 1.82) is 0 Å². The molecule has 3 nitrogen and oxygen atoms in total. The molecule has 0 spiro atoms. The monoisotopic (exact) mass is 272 g/mol. The third-order valence-electron chi connectivity index (χ3n) is 3.00. The van der Waals surface area contributed by atoms with E-state index in [9.17, 15) is 0 Å². The second-order valence-corrected chi connectivity index (χ2v) is 4.74. The Labute approximate surface area is 116 Å². The minimum absolute atomic E-state index is 0.605. The van der Waals surface area contributed by atoms with E-state index in [1.165, 1.54) is 10.8 Å². The van der Waals surface area contributed by atoms with Gasteiger partial charge in [-0.3, -0.25) is 0 Å². The molecular weight excluding hydrogens is 260 g/mol. The average molecular weight is 273 g/mol. The summed E-state index contributed by atoms with van der Waals surface area (Å²) in [5, 5.41) is 6.40. The molecule has 0 aliphatic rings. The van der Waals surface area contributed by atoms with Crippen LogP contribution >= 0.6 is 11.6 Å². The Balaban J connectivity index is 1.92. The van der Waals surface area contributed by atoms with E-state index < -0.39 is 0 Å². The third-order valence-corrected chi connectivity index (χ3v) is 3.27. The van der Waals surface area contributed by atoms with E-state index in [2.05, 4.69) is 34.4 Å². The maximum atomic E-state index is 5.65. The topological polar surface area (TPSA) is 38.9 Å². The summed E-state index contributed by atoms with van der Waals surface area (Å²) in [6.07, 6.45) is 1.57. The van der Waals surface area contributed by atoms with E-state index in [1.807, 2.05) is 18.2 Å². The van der Waals surface area contributed by atoms with Gasteiger partial charge in [0.05, 0.1) is 0 Å². The van der Waals surface area contributed by atoms with Crippen LogP contribution in [-0.4, -0.2) is 16.0 Å². The summed E-state index contributed by atoms with van der Waals surface area (Å²) < 4.78 is 5.21. The van der Waals surface area contributed by atoms with Crippen molar-refractivity contribution < 1.29 is 4.52 Å². The van der Waals surface area contributed by atoms with Crippen molar-refractivity contribution in [2.75, 3.05) is 5.88 Å². The van der Waals surface area contributed by atoms with Gasteiger partial charge in [0.1, 0.15) is 0 Å². The maximum absolute atomic E-state index is 5.65. The van der Waals surface area contributed by atoms with Crippen LogP contribution in [0.15, 0.2) is 47.0 Å². The van der Waals surface area contributed by atoms with Gasteiger partial charge in [-0.05, 0) is 23.3 Å². The number of fused-ring (bicyclic) bond motifs is 1. The van der Waals surface area contributed by atoms with Gasteiger partial charge in [0.15, 0.2) is 0 Å². The Kier molecular flexibility index (Phi) is 3.47. The number of aromatic nitrogens is 2. The summed E-state index contributed by atoms with van der Waals surface area (Å²) in [7, 11) is 0. The Bertz CT molecular complexity index is 693. The summed E-state index contributed by atoms with van der Waals surface area (Å²) in [5.41, 5.74) is 0.972. The fraction of sp³-hybridized carbons (Fsp3) is 0.200. The smallest absolute Gasteiger partial charge is 0.227 e. The van der Waals surface area contributed by atoms with Gasteiger partial charge in [-0.1, -0.05) is 41.6 Å². The van der Waals surface area contributed by atoms with E-state index in [1.54, 1.807) is 0 Å². The largest absolute Gasteiger partial charge is 0.339 e. The molecule has 0 saturated heterocycles. The second kappa shape index (κ2) is 5.41. The summed E-state index contributed by atoms with van der Waals surface area (Å²) in [6.45, 7) is 0. The lowest BCUT2D eigenvalue weighted by Crippen LogP contribution is -1.86. The summed E-state index contributed by atoms with van der Waals surface area (Å²) in [6, 6.07) is 14.4. The van der Waals surface area contributed by atoms with Crippen LogP contribution < -0.4 is 0 Å². The second-order valence-electron chi connectivity index (χ2n) is 4.37. The molecule has 0 aliphatic heterocycles. The van der Waals surface area contributed by atoms with E-state index in [0.717, 1.165) is 18.4 Å². The molecule has 1 heterocycles.